The lowest BCUT2D eigenvalue weighted by atomic mass is 10.0. The summed E-state index contributed by atoms with van der Waals surface area (Å²) in [7, 11) is 0. The summed E-state index contributed by atoms with van der Waals surface area (Å²) in [5, 5.41) is 2.19. The van der Waals surface area contributed by atoms with Crippen molar-refractivity contribution in [2.45, 2.75) is 38.3 Å². The number of benzene rings is 1. The molecule has 2 aliphatic heterocycles. The molecule has 154 valence electrons. The van der Waals surface area contributed by atoms with Gasteiger partial charge in [-0.05, 0) is 30.9 Å². The normalized spacial score (nSPS) is 17.6. The van der Waals surface area contributed by atoms with Gasteiger partial charge in [0.2, 0.25) is 11.8 Å². The van der Waals surface area contributed by atoms with Crippen molar-refractivity contribution < 1.29 is 19.2 Å². The molecule has 0 aliphatic carbocycles. The highest BCUT2D eigenvalue weighted by molar-refractivity contribution is 6.24. The molecule has 0 spiro atoms. The molecule has 8 heteroatoms. The first kappa shape index (κ1) is 20.1. The Morgan fingerprint density at radius 3 is 2.77 bits per heavy atom. The molecule has 0 saturated carbocycles. The fourth-order valence-corrected chi connectivity index (χ4v) is 3.68. The number of aromatic nitrogens is 2. The minimum atomic E-state index is -0.992. The lowest BCUT2D eigenvalue weighted by Gasteiger charge is -2.27. The van der Waals surface area contributed by atoms with Crippen LogP contribution in [0.2, 0.25) is 0 Å². The predicted octanol–water partition coefficient (Wildman–Crippen LogP) is 1.10. The number of imide groups is 2. The standard InChI is InChI=1S/C23H18N4O4/c1-2-16-13-26(14-24-16)12-5-3-4-7-15-8-6-9-17-20(15)23(31)27(22(17)30)18-10-11-19(28)25-21(18)29/h1,6,8-9,13-14,18H,3,5,10-12H2,(H,25,28,29). The number of piperidine rings is 1. The molecule has 1 saturated heterocycles. The number of carbonyl (C=O) groups is 4. The second-order valence-corrected chi connectivity index (χ2v) is 7.22. The Kier molecular flexibility index (Phi) is 5.38. The van der Waals surface area contributed by atoms with Crippen LogP contribution < -0.4 is 5.32 Å². The molecule has 4 amide bonds. The van der Waals surface area contributed by atoms with Gasteiger partial charge in [0.05, 0.1) is 17.5 Å². The van der Waals surface area contributed by atoms with Crippen LogP contribution in [-0.4, -0.2) is 44.1 Å². The lowest BCUT2D eigenvalue weighted by molar-refractivity contribution is -0.136. The van der Waals surface area contributed by atoms with Crippen molar-refractivity contribution in [2.75, 3.05) is 0 Å². The van der Waals surface area contributed by atoms with Crippen molar-refractivity contribution in [2.24, 2.45) is 0 Å². The van der Waals surface area contributed by atoms with Gasteiger partial charge in [0.25, 0.3) is 11.8 Å². The average molecular weight is 414 g/mol. The third-order valence-electron chi connectivity index (χ3n) is 5.19. The summed E-state index contributed by atoms with van der Waals surface area (Å²) in [6.07, 6.45) is 10.3. The smallest absolute Gasteiger partial charge is 0.263 e. The van der Waals surface area contributed by atoms with Crippen molar-refractivity contribution >= 4 is 23.6 Å². The summed E-state index contributed by atoms with van der Waals surface area (Å²) >= 11 is 0. The van der Waals surface area contributed by atoms with Gasteiger partial charge in [0, 0.05) is 31.1 Å². The quantitative estimate of drug-likeness (QED) is 0.459. The van der Waals surface area contributed by atoms with E-state index in [-0.39, 0.29) is 24.0 Å². The molecule has 1 fully saturated rings. The first-order valence-corrected chi connectivity index (χ1v) is 9.81. The zero-order valence-corrected chi connectivity index (χ0v) is 16.6. The van der Waals surface area contributed by atoms with Crippen LogP contribution in [-0.2, 0) is 16.1 Å². The number of rotatable bonds is 4. The van der Waals surface area contributed by atoms with Crippen molar-refractivity contribution in [1.29, 1.82) is 0 Å². The van der Waals surface area contributed by atoms with Gasteiger partial charge < -0.3 is 4.57 Å². The molecule has 8 nitrogen and oxygen atoms in total. The van der Waals surface area contributed by atoms with Crippen molar-refractivity contribution in [3.05, 3.63) is 53.1 Å². The highest BCUT2D eigenvalue weighted by atomic mass is 16.2. The van der Waals surface area contributed by atoms with Gasteiger partial charge in [0.1, 0.15) is 11.7 Å². The first-order valence-electron chi connectivity index (χ1n) is 9.81. The van der Waals surface area contributed by atoms with E-state index in [2.05, 4.69) is 28.1 Å². The second kappa shape index (κ2) is 8.29. The number of fused-ring (bicyclic) bond motifs is 1. The van der Waals surface area contributed by atoms with E-state index in [1.54, 1.807) is 30.7 Å². The predicted molar refractivity (Wildman–Crippen MR) is 109 cm³/mol. The Balaban J connectivity index is 1.47. The largest absolute Gasteiger partial charge is 0.336 e. The van der Waals surface area contributed by atoms with E-state index in [1.165, 1.54) is 0 Å². The lowest BCUT2D eigenvalue weighted by Crippen LogP contribution is -2.54. The molecule has 1 atom stereocenters. The number of carbonyl (C=O) groups excluding carboxylic acids is 4. The summed E-state index contributed by atoms with van der Waals surface area (Å²) in [6, 6.07) is 3.90. The van der Waals surface area contributed by atoms with E-state index < -0.39 is 29.7 Å². The molecule has 2 aromatic rings. The summed E-state index contributed by atoms with van der Waals surface area (Å²) in [6.45, 7) is 0.705. The van der Waals surface area contributed by atoms with Crippen LogP contribution in [0.5, 0.6) is 0 Å². The van der Waals surface area contributed by atoms with Gasteiger partial charge in [-0.25, -0.2) is 4.98 Å². The van der Waals surface area contributed by atoms with Gasteiger partial charge in [-0.3, -0.25) is 29.4 Å². The van der Waals surface area contributed by atoms with Crippen molar-refractivity contribution in [3.8, 4) is 24.2 Å². The Labute approximate surface area is 178 Å². The van der Waals surface area contributed by atoms with Gasteiger partial charge in [0.15, 0.2) is 0 Å². The van der Waals surface area contributed by atoms with Crippen LogP contribution in [0.3, 0.4) is 0 Å². The molecule has 3 heterocycles. The summed E-state index contributed by atoms with van der Waals surface area (Å²) in [5.41, 5.74) is 1.46. The number of hydrogen-bond acceptors (Lipinski definition) is 5. The molecule has 2 aliphatic rings. The fourth-order valence-electron chi connectivity index (χ4n) is 3.68. The minimum Gasteiger partial charge on any atom is -0.336 e. The number of hydrogen-bond donors (Lipinski definition) is 1. The van der Waals surface area contributed by atoms with Gasteiger partial charge in [-0.2, -0.15) is 0 Å². The maximum atomic E-state index is 13.0. The van der Waals surface area contributed by atoms with Gasteiger partial charge in [-0.15, -0.1) is 6.42 Å². The first-order chi connectivity index (χ1) is 15.0. The molecule has 1 unspecified atom stereocenters. The monoisotopic (exact) mass is 414 g/mol. The number of aryl methyl sites for hydroxylation is 1. The van der Waals surface area contributed by atoms with E-state index in [0.29, 0.717) is 24.2 Å². The van der Waals surface area contributed by atoms with Crippen LogP contribution in [0.25, 0.3) is 0 Å². The summed E-state index contributed by atoms with van der Waals surface area (Å²) < 4.78 is 1.89. The van der Waals surface area contributed by atoms with Crippen molar-refractivity contribution in [3.63, 3.8) is 0 Å². The maximum absolute atomic E-state index is 13.0. The maximum Gasteiger partial charge on any atom is 0.263 e. The van der Waals surface area contributed by atoms with Crippen molar-refractivity contribution in [1.82, 2.24) is 19.8 Å². The number of imidazole rings is 1. The van der Waals surface area contributed by atoms with E-state index in [1.807, 2.05) is 4.57 Å². The molecule has 0 bridgehead atoms. The molecule has 1 aromatic carbocycles. The zero-order valence-electron chi connectivity index (χ0n) is 16.6. The fraction of sp³-hybridized carbons (Fsp3) is 0.261. The molecule has 1 N–H and O–H groups in total. The highest BCUT2D eigenvalue weighted by Crippen LogP contribution is 2.29. The minimum absolute atomic E-state index is 0.0796. The van der Waals surface area contributed by atoms with E-state index in [4.69, 9.17) is 6.42 Å². The highest BCUT2D eigenvalue weighted by Gasteiger charge is 2.45. The molecule has 31 heavy (non-hydrogen) atoms. The van der Waals surface area contributed by atoms with Crippen LogP contribution in [0, 0.1) is 24.2 Å². The topological polar surface area (TPSA) is 101 Å². The molecule has 1 aromatic heterocycles. The van der Waals surface area contributed by atoms with Gasteiger partial charge >= 0.3 is 0 Å². The SMILES string of the molecule is C#Cc1cn(CCCC#Cc2cccc3c2C(=O)N(C2CCC(=O)NC2=O)C3=O)cn1. The number of amides is 4. The van der Waals surface area contributed by atoms with E-state index in [0.717, 1.165) is 11.3 Å². The number of nitrogens with zero attached hydrogens (tertiary/aromatic N) is 3. The summed E-state index contributed by atoms with van der Waals surface area (Å²) in [4.78, 5) is 54.4. The average Bonchev–Trinajstić information content (AvgIpc) is 3.32. The molecule has 4 rings (SSSR count). The Hall–Kier alpha value is -4.17. The number of unbranched alkanes of at least 4 members (excludes halogenated alkanes) is 1. The van der Waals surface area contributed by atoms with Crippen LogP contribution in [0.4, 0.5) is 0 Å². The molecular formula is C23H18N4O4. The van der Waals surface area contributed by atoms with Gasteiger partial charge in [-0.1, -0.05) is 17.9 Å². The third kappa shape index (κ3) is 3.84. The van der Waals surface area contributed by atoms with E-state index in [9.17, 15) is 19.2 Å². The number of nitrogens with one attached hydrogen (secondary N) is 1. The zero-order chi connectivity index (χ0) is 22.0. The van der Waals surface area contributed by atoms with Crippen LogP contribution >= 0.6 is 0 Å². The third-order valence-corrected chi connectivity index (χ3v) is 5.19. The molecule has 0 radical (unpaired) electrons. The summed E-state index contributed by atoms with van der Waals surface area (Å²) in [5.74, 6) is 6.35. The second-order valence-electron chi connectivity index (χ2n) is 7.22. The van der Waals surface area contributed by atoms with Crippen LogP contribution in [0.15, 0.2) is 30.7 Å². The Morgan fingerprint density at radius 2 is 2.03 bits per heavy atom. The molecular weight excluding hydrogens is 396 g/mol. The number of terminal acetylenes is 1. The van der Waals surface area contributed by atoms with Crippen LogP contribution in [0.1, 0.15) is 57.7 Å². The Bertz CT molecular complexity index is 1210. The van der Waals surface area contributed by atoms with E-state index >= 15 is 0 Å². The Morgan fingerprint density at radius 1 is 1.19 bits per heavy atom.